The van der Waals surface area contributed by atoms with Crippen molar-refractivity contribution in [3.8, 4) is 29.3 Å². The van der Waals surface area contributed by atoms with E-state index in [9.17, 15) is 19.7 Å². The van der Waals surface area contributed by atoms with Crippen LogP contribution in [0.1, 0.15) is 62.2 Å². The lowest BCUT2D eigenvalue weighted by Gasteiger charge is -2.41. The Balaban J connectivity index is 0.00000179. The Labute approximate surface area is 279 Å². The second-order valence-electron chi connectivity index (χ2n) is 12.8. The third-order valence-corrected chi connectivity index (χ3v) is 10.8. The van der Waals surface area contributed by atoms with Gasteiger partial charge in [0.05, 0.1) is 39.9 Å². The van der Waals surface area contributed by atoms with Gasteiger partial charge in [0.25, 0.3) is 5.91 Å². The van der Waals surface area contributed by atoms with E-state index in [1.54, 1.807) is 6.92 Å². The Hall–Kier alpha value is -4.63. The highest BCUT2D eigenvalue weighted by molar-refractivity contribution is 7.23. The van der Waals surface area contributed by atoms with Crippen molar-refractivity contribution < 1.29 is 23.0 Å². The van der Waals surface area contributed by atoms with Crippen LogP contribution in [0.25, 0.3) is 32.1 Å². The van der Waals surface area contributed by atoms with Crippen LogP contribution in [-0.4, -0.2) is 64.9 Å². The second-order valence-corrected chi connectivity index (χ2v) is 13.9. The first kappa shape index (κ1) is 31.9. The highest BCUT2D eigenvalue weighted by atomic mass is 32.1. The number of carbonyl (C=O) groups is 1. The van der Waals surface area contributed by atoms with E-state index < -0.39 is 34.8 Å². The zero-order valence-electron chi connectivity index (χ0n) is 27.1. The maximum absolute atomic E-state index is 17.2. The van der Waals surface area contributed by atoms with Crippen LogP contribution in [0.5, 0.6) is 5.88 Å². The van der Waals surface area contributed by atoms with Crippen molar-refractivity contribution in [1.29, 1.82) is 10.5 Å². The molecule has 2 bridgehead atoms. The molecule has 48 heavy (non-hydrogen) atoms. The molecule has 3 aromatic heterocycles. The molecule has 1 aromatic carbocycles. The van der Waals surface area contributed by atoms with Crippen LogP contribution in [0.15, 0.2) is 12.1 Å². The number of aryl methyl sites for hydroxylation is 1. The summed E-state index contributed by atoms with van der Waals surface area (Å²) in [5, 5.41) is 26.6. The van der Waals surface area contributed by atoms with Gasteiger partial charge in [-0.1, -0.05) is 13.8 Å². The number of carbonyl (C=O) groups excluding carboxylic acids is 1. The molecule has 1 saturated carbocycles. The minimum absolute atomic E-state index is 0.0291. The number of nitrogens with two attached hydrogens (primary N) is 1. The molecule has 9 rings (SSSR count). The Kier molecular flexibility index (Phi) is 7.47. The van der Waals surface area contributed by atoms with Crippen molar-refractivity contribution in [2.24, 2.45) is 0 Å². The molecule has 11 nitrogen and oxygen atoms in total. The number of ether oxygens (including phenoxy) is 2. The largest absolute Gasteiger partial charge is 0.472 e. The highest BCUT2D eigenvalue weighted by Crippen LogP contribution is 2.52. The van der Waals surface area contributed by atoms with Gasteiger partial charge in [-0.2, -0.15) is 10.5 Å². The van der Waals surface area contributed by atoms with Crippen molar-refractivity contribution in [3.05, 3.63) is 40.6 Å². The van der Waals surface area contributed by atoms with Gasteiger partial charge in [0.2, 0.25) is 5.88 Å². The van der Waals surface area contributed by atoms with Gasteiger partial charge in [-0.3, -0.25) is 4.79 Å². The number of fused-ring (bicyclic) bond motifs is 4. The van der Waals surface area contributed by atoms with E-state index in [2.05, 4.69) is 21.7 Å². The average molecular weight is 673 g/mol. The number of rotatable bonds is 3. The summed E-state index contributed by atoms with van der Waals surface area (Å²) in [6, 6.07) is 6.66. The van der Waals surface area contributed by atoms with Crippen LogP contribution in [-0.2, 0) is 4.74 Å². The molecule has 3 saturated heterocycles. The van der Waals surface area contributed by atoms with Crippen LogP contribution < -0.4 is 26.0 Å². The van der Waals surface area contributed by atoms with Gasteiger partial charge < -0.3 is 30.7 Å². The summed E-state index contributed by atoms with van der Waals surface area (Å²) < 4.78 is 44.4. The molecule has 4 aromatic rings. The SMILES string of the molecule is CC.Cc1c(C(=O)NC23COC(C#N)(C2)C3)nc2c3c(nc(-c4ccc(F)c5sc(N)c(C#N)c45)c(F)c13)OC(C)C1CNC(C)CN21. The monoisotopic (exact) mass is 672 g/mol. The summed E-state index contributed by atoms with van der Waals surface area (Å²) in [7, 11) is 0. The fourth-order valence-electron chi connectivity index (χ4n) is 7.56. The Morgan fingerprint density at radius 1 is 1.19 bits per heavy atom. The van der Waals surface area contributed by atoms with Crippen LogP contribution in [0, 0.1) is 41.2 Å². The summed E-state index contributed by atoms with van der Waals surface area (Å²) in [6.07, 6.45) is 0.315. The number of aromatic nitrogens is 2. The molecule has 14 heteroatoms. The Morgan fingerprint density at radius 2 is 1.94 bits per heavy atom. The van der Waals surface area contributed by atoms with Gasteiger partial charge in [0.15, 0.2) is 11.4 Å². The van der Waals surface area contributed by atoms with E-state index >= 15 is 4.39 Å². The first-order valence-electron chi connectivity index (χ1n) is 16.0. The highest BCUT2D eigenvalue weighted by Gasteiger charge is 2.64. The van der Waals surface area contributed by atoms with E-state index in [-0.39, 0.29) is 73.1 Å². The molecule has 0 spiro atoms. The van der Waals surface area contributed by atoms with Crippen LogP contribution >= 0.6 is 11.3 Å². The number of nitriles is 2. The molecule has 3 atom stereocenters. The van der Waals surface area contributed by atoms with Crippen molar-refractivity contribution in [1.82, 2.24) is 20.6 Å². The Bertz CT molecular complexity index is 2120. The fourth-order valence-corrected chi connectivity index (χ4v) is 8.51. The number of hydrogen-bond donors (Lipinski definition) is 3. The van der Waals surface area contributed by atoms with Gasteiger partial charge in [-0.25, -0.2) is 18.7 Å². The number of amides is 1. The summed E-state index contributed by atoms with van der Waals surface area (Å²) >= 11 is 0.910. The Morgan fingerprint density at radius 3 is 2.62 bits per heavy atom. The summed E-state index contributed by atoms with van der Waals surface area (Å²) in [5.41, 5.74) is 4.84. The van der Waals surface area contributed by atoms with Crippen LogP contribution in [0.2, 0.25) is 0 Å². The molecule has 0 radical (unpaired) electrons. The zero-order chi connectivity index (χ0) is 34.3. The first-order chi connectivity index (χ1) is 23.0. The lowest BCUT2D eigenvalue weighted by molar-refractivity contribution is 0.0470. The van der Waals surface area contributed by atoms with Gasteiger partial charge in [-0.05, 0) is 38.5 Å². The molecular formula is C34H34F2N8O3S. The molecule has 248 valence electrons. The third kappa shape index (κ3) is 4.50. The van der Waals surface area contributed by atoms with E-state index in [4.69, 9.17) is 20.2 Å². The predicted octanol–water partition coefficient (Wildman–Crippen LogP) is 5.08. The van der Waals surface area contributed by atoms with Crippen molar-refractivity contribution in [2.75, 3.05) is 30.3 Å². The smallest absolute Gasteiger partial charge is 0.270 e. The minimum Gasteiger partial charge on any atom is -0.472 e. The number of halogens is 2. The van der Waals surface area contributed by atoms with Crippen LogP contribution in [0.4, 0.5) is 19.6 Å². The normalized spacial score (nSPS) is 26.7. The molecule has 1 aliphatic carbocycles. The molecule has 3 unspecified atom stereocenters. The van der Waals surface area contributed by atoms with Gasteiger partial charge in [0.1, 0.15) is 40.2 Å². The standard InChI is InChI=1S/C32H28F2N8O3S.C2H6/c1-13-8-42-19(7-38-13)15(3)45-30-22-20(14(2)24(39-28(22)42)29(43)41-31-9-32(10-31,11-36)44-12-31)23(34)25(40-30)16-4-5-18(33)26-21(16)17(6-35)27(37)46-26;1-2/h4-5,13,15,19,38H,7-10,12,37H2,1-3H3,(H,41,43);1-2H3. The summed E-state index contributed by atoms with van der Waals surface area (Å²) in [4.78, 5) is 25.6. The predicted molar refractivity (Wildman–Crippen MR) is 178 cm³/mol. The molecule has 4 aliphatic heterocycles. The van der Waals surface area contributed by atoms with E-state index in [1.165, 1.54) is 12.1 Å². The number of hydrogen-bond acceptors (Lipinski definition) is 11. The quantitative estimate of drug-likeness (QED) is 0.268. The molecule has 7 heterocycles. The van der Waals surface area contributed by atoms with Crippen molar-refractivity contribution >= 4 is 48.9 Å². The molecule has 1 amide bonds. The van der Waals surface area contributed by atoms with Crippen molar-refractivity contribution in [3.63, 3.8) is 0 Å². The number of piperazine rings is 1. The number of anilines is 2. The zero-order valence-corrected chi connectivity index (χ0v) is 27.9. The van der Waals surface area contributed by atoms with Gasteiger partial charge in [0, 0.05) is 48.3 Å². The summed E-state index contributed by atoms with van der Waals surface area (Å²) in [6.45, 7) is 10.8. The van der Waals surface area contributed by atoms with Gasteiger partial charge in [-0.15, -0.1) is 11.3 Å². The topological polar surface area (TPSA) is 162 Å². The second kappa shape index (κ2) is 11.2. The van der Waals surface area contributed by atoms with Crippen LogP contribution in [0.3, 0.4) is 0 Å². The third-order valence-electron chi connectivity index (χ3n) is 9.79. The van der Waals surface area contributed by atoms with Gasteiger partial charge >= 0.3 is 0 Å². The lowest BCUT2D eigenvalue weighted by atomic mass is 9.69. The van der Waals surface area contributed by atoms with E-state index in [0.29, 0.717) is 37.1 Å². The number of pyridine rings is 2. The minimum atomic E-state index is -0.893. The van der Waals surface area contributed by atoms with E-state index in [0.717, 1.165) is 11.3 Å². The molecule has 5 aliphatic rings. The molecule has 4 N–H and O–H groups in total. The number of nitrogens with zero attached hydrogens (tertiary/aromatic N) is 5. The van der Waals surface area contributed by atoms with Crippen molar-refractivity contribution in [2.45, 2.75) is 76.8 Å². The fraction of sp³-hybridized carbons (Fsp3) is 0.441. The average Bonchev–Trinajstić information content (AvgIpc) is 3.70. The molecular weight excluding hydrogens is 638 g/mol. The number of thiophene rings is 1. The first-order valence-corrected chi connectivity index (χ1v) is 16.8. The maximum Gasteiger partial charge on any atom is 0.270 e. The maximum atomic E-state index is 17.2. The number of nitrogen functional groups attached to an aromatic ring is 1. The number of nitrogens with one attached hydrogen (secondary N) is 2. The molecule has 4 fully saturated rings. The summed E-state index contributed by atoms with van der Waals surface area (Å²) in [5.74, 6) is -1.36. The van der Waals surface area contributed by atoms with E-state index in [1.807, 2.05) is 38.7 Å². The lowest BCUT2D eigenvalue weighted by Crippen LogP contribution is -2.60. The number of benzene rings is 1.